The molecule has 0 saturated carbocycles. The first-order valence-corrected chi connectivity index (χ1v) is 5.03. The highest BCUT2D eigenvalue weighted by Gasteiger charge is 2.07. The van der Waals surface area contributed by atoms with Crippen molar-refractivity contribution in [2.24, 2.45) is 0 Å². The molecule has 0 bridgehead atoms. The monoisotopic (exact) mass is 148 g/mol. The van der Waals surface area contributed by atoms with Crippen LogP contribution in [0.5, 0.6) is 0 Å². The van der Waals surface area contributed by atoms with Crippen molar-refractivity contribution in [1.82, 2.24) is 0 Å². The highest BCUT2D eigenvalue weighted by atomic mass is 31.2. The topological polar surface area (TPSA) is 37.3 Å². The molecule has 0 aliphatic carbocycles. The molecule has 1 unspecified atom stereocenters. The summed E-state index contributed by atoms with van der Waals surface area (Å²) >= 11 is 0. The molecular formula is C6H13O2P. The molecule has 0 spiro atoms. The van der Waals surface area contributed by atoms with Crippen molar-refractivity contribution in [3.05, 3.63) is 11.9 Å². The van der Waals surface area contributed by atoms with Crippen LogP contribution >= 0.6 is 7.37 Å². The van der Waals surface area contributed by atoms with Gasteiger partial charge in [-0.2, -0.15) is 0 Å². The van der Waals surface area contributed by atoms with Gasteiger partial charge in [0.15, 0.2) is 0 Å². The fraction of sp³-hybridized carbons (Fsp3) is 0.667. The summed E-state index contributed by atoms with van der Waals surface area (Å²) in [6.07, 6.45) is 2.89. The van der Waals surface area contributed by atoms with E-state index in [1.807, 2.05) is 6.92 Å². The van der Waals surface area contributed by atoms with Crippen molar-refractivity contribution >= 4 is 7.37 Å². The van der Waals surface area contributed by atoms with E-state index < -0.39 is 7.37 Å². The highest BCUT2D eigenvalue weighted by molar-refractivity contribution is 7.61. The Morgan fingerprint density at radius 2 is 2.11 bits per heavy atom. The van der Waals surface area contributed by atoms with Gasteiger partial charge in [0.1, 0.15) is 0 Å². The first-order chi connectivity index (χ1) is 4.12. The molecule has 0 aromatic rings. The van der Waals surface area contributed by atoms with E-state index in [4.69, 9.17) is 4.89 Å². The Hall–Kier alpha value is -0.0700. The van der Waals surface area contributed by atoms with Gasteiger partial charge in [0.2, 0.25) is 7.37 Å². The zero-order chi connectivity index (χ0) is 7.33. The lowest BCUT2D eigenvalue weighted by Gasteiger charge is -1.99. The Labute approximate surface area is 56.0 Å². The summed E-state index contributed by atoms with van der Waals surface area (Å²) in [7, 11) is -2.87. The van der Waals surface area contributed by atoms with Gasteiger partial charge in [0.25, 0.3) is 0 Å². The molecule has 9 heavy (non-hydrogen) atoms. The normalized spacial score (nSPS) is 18.1. The van der Waals surface area contributed by atoms with Crippen LogP contribution in [-0.2, 0) is 4.57 Å². The number of rotatable bonds is 3. The van der Waals surface area contributed by atoms with Crippen LogP contribution in [-0.4, -0.2) is 11.1 Å². The summed E-state index contributed by atoms with van der Waals surface area (Å²) in [6.45, 7) is 3.65. The van der Waals surface area contributed by atoms with Crippen LogP contribution in [0.3, 0.4) is 0 Å². The van der Waals surface area contributed by atoms with E-state index >= 15 is 0 Å². The fourth-order valence-corrected chi connectivity index (χ4v) is 1.13. The predicted molar refractivity (Wildman–Crippen MR) is 39.8 cm³/mol. The molecule has 0 amide bonds. The van der Waals surface area contributed by atoms with Crippen molar-refractivity contribution in [1.29, 1.82) is 0 Å². The van der Waals surface area contributed by atoms with E-state index in [9.17, 15) is 4.57 Å². The lowest BCUT2D eigenvalue weighted by molar-refractivity contribution is 0.490. The summed E-state index contributed by atoms with van der Waals surface area (Å²) in [4.78, 5) is 8.92. The highest BCUT2D eigenvalue weighted by Crippen LogP contribution is 2.41. The molecule has 0 aromatic carbocycles. The van der Waals surface area contributed by atoms with Gasteiger partial charge >= 0.3 is 0 Å². The molecule has 54 valence electrons. The summed E-state index contributed by atoms with van der Waals surface area (Å²) in [5.74, 6) is 1.41. The zero-order valence-electron chi connectivity index (χ0n) is 5.87. The standard InChI is InChI=1S/C6H13O2P/c1-3-5-6-9(7,8)4-2/h5-6H,3-4H2,1-2H3,(H,7,8). The maximum atomic E-state index is 10.8. The van der Waals surface area contributed by atoms with E-state index in [0.717, 1.165) is 6.42 Å². The maximum Gasteiger partial charge on any atom is 0.222 e. The molecule has 3 heteroatoms. The molecule has 0 aliphatic heterocycles. The van der Waals surface area contributed by atoms with Gasteiger partial charge in [-0.05, 0) is 12.2 Å². The average Bonchev–Trinajstić information content (AvgIpc) is 1.84. The van der Waals surface area contributed by atoms with Gasteiger partial charge in [-0.1, -0.05) is 19.9 Å². The van der Waals surface area contributed by atoms with Crippen molar-refractivity contribution in [2.45, 2.75) is 20.3 Å². The third-order valence-electron chi connectivity index (χ3n) is 1.03. The van der Waals surface area contributed by atoms with Crippen LogP contribution in [0.15, 0.2) is 11.9 Å². The molecule has 1 N–H and O–H groups in total. The van der Waals surface area contributed by atoms with Crippen LogP contribution < -0.4 is 0 Å². The van der Waals surface area contributed by atoms with Crippen LogP contribution in [0.4, 0.5) is 0 Å². The molecule has 0 heterocycles. The molecule has 2 nitrogen and oxygen atoms in total. The number of hydrogen-bond donors (Lipinski definition) is 1. The lowest BCUT2D eigenvalue weighted by atomic mass is 10.5. The Morgan fingerprint density at radius 3 is 2.44 bits per heavy atom. The van der Waals surface area contributed by atoms with Gasteiger partial charge in [-0.25, -0.2) is 0 Å². The minimum Gasteiger partial charge on any atom is -0.341 e. The van der Waals surface area contributed by atoms with Crippen LogP contribution in [0.25, 0.3) is 0 Å². The van der Waals surface area contributed by atoms with Gasteiger partial charge in [0.05, 0.1) is 0 Å². The Balaban J connectivity index is 3.86. The first-order valence-electron chi connectivity index (χ1n) is 3.11. The minimum absolute atomic E-state index is 0.337. The molecular weight excluding hydrogens is 135 g/mol. The quantitative estimate of drug-likeness (QED) is 0.623. The Bertz CT molecular complexity index is 140. The predicted octanol–water partition coefficient (Wildman–Crippen LogP) is 2.20. The summed E-state index contributed by atoms with van der Waals surface area (Å²) < 4.78 is 10.8. The summed E-state index contributed by atoms with van der Waals surface area (Å²) in [6, 6.07) is 0. The molecule has 0 fully saturated rings. The third-order valence-corrected chi connectivity index (χ3v) is 2.61. The Kier molecular flexibility index (Phi) is 3.83. The maximum absolute atomic E-state index is 10.8. The van der Waals surface area contributed by atoms with E-state index in [1.165, 1.54) is 5.82 Å². The van der Waals surface area contributed by atoms with E-state index in [2.05, 4.69) is 0 Å². The first kappa shape index (κ1) is 8.93. The van der Waals surface area contributed by atoms with Gasteiger partial charge in [-0.3, -0.25) is 4.57 Å². The van der Waals surface area contributed by atoms with Crippen molar-refractivity contribution < 1.29 is 9.46 Å². The van der Waals surface area contributed by atoms with Crippen molar-refractivity contribution in [3.8, 4) is 0 Å². The SMILES string of the molecule is CCC=CP(=O)(O)CC. The number of allylic oxidation sites excluding steroid dienone is 1. The molecule has 0 rings (SSSR count). The van der Waals surface area contributed by atoms with Gasteiger partial charge in [-0.15, -0.1) is 0 Å². The van der Waals surface area contributed by atoms with Crippen LogP contribution in [0.2, 0.25) is 0 Å². The van der Waals surface area contributed by atoms with Crippen molar-refractivity contribution in [2.75, 3.05) is 6.16 Å². The molecule has 0 aliphatic rings. The molecule has 0 saturated heterocycles. The number of hydrogen-bond acceptors (Lipinski definition) is 1. The zero-order valence-corrected chi connectivity index (χ0v) is 6.77. The largest absolute Gasteiger partial charge is 0.341 e. The van der Waals surface area contributed by atoms with Gasteiger partial charge in [0, 0.05) is 6.16 Å². The minimum atomic E-state index is -2.87. The van der Waals surface area contributed by atoms with E-state index in [-0.39, 0.29) is 0 Å². The lowest BCUT2D eigenvalue weighted by Crippen LogP contribution is -1.76. The van der Waals surface area contributed by atoms with Crippen molar-refractivity contribution in [3.63, 3.8) is 0 Å². The fourth-order valence-electron chi connectivity index (χ4n) is 0.376. The summed E-state index contributed by atoms with van der Waals surface area (Å²) in [5, 5.41) is 0. The summed E-state index contributed by atoms with van der Waals surface area (Å²) in [5.41, 5.74) is 0. The second-order valence-corrected chi connectivity index (χ2v) is 4.31. The molecule has 1 atom stereocenters. The average molecular weight is 148 g/mol. The second kappa shape index (κ2) is 3.86. The van der Waals surface area contributed by atoms with E-state index in [0.29, 0.717) is 6.16 Å². The van der Waals surface area contributed by atoms with Crippen LogP contribution in [0.1, 0.15) is 20.3 Å². The smallest absolute Gasteiger partial charge is 0.222 e. The third kappa shape index (κ3) is 4.43. The Morgan fingerprint density at radius 1 is 1.56 bits per heavy atom. The second-order valence-electron chi connectivity index (χ2n) is 1.86. The van der Waals surface area contributed by atoms with Gasteiger partial charge < -0.3 is 4.89 Å². The van der Waals surface area contributed by atoms with E-state index in [1.54, 1.807) is 13.0 Å². The van der Waals surface area contributed by atoms with Crippen LogP contribution in [0, 0.1) is 0 Å². The molecule has 0 radical (unpaired) electrons. The molecule has 0 aromatic heterocycles.